The third kappa shape index (κ3) is 7.08. The van der Waals surface area contributed by atoms with Crippen LogP contribution in [0.2, 0.25) is 0 Å². The molecule has 4 aliphatic rings. The minimum Gasteiger partial charge on any atom is -0.356 e. The lowest BCUT2D eigenvalue weighted by Gasteiger charge is -2.41. The lowest BCUT2D eigenvalue weighted by Crippen LogP contribution is -2.64. The molecule has 2 saturated carbocycles. The van der Waals surface area contributed by atoms with Gasteiger partial charge in [0.1, 0.15) is 12.4 Å². The van der Waals surface area contributed by atoms with Crippen molar-refractivity contribution in [2.45, 2.75) is 102 Å². The summed E-state index contributed by atoms with van der Waals surface area (Å²) in [7, 11) is 0. The predicted octanol–water partition coefficient (Wildman–Crippen LogP) is 1.32. The van der Waals surface area contributed by atoms with Crippen molar-refractivity contribution in [3.63, 3.8) is 0 Å². The molecule has 6 N–H and O–H groups in total. The number of alkyl halides is 1. The van der Waals surface area contributed by atoms with E-state index in [9.17, 15) is 14.0 Å². The van der Waals surface area contributed by atoms with E-state index in [2.05, 4.69) is 32.3 Å². The van der Waals surface area contributed by atoms with Crippen molar-refractivity contribution in [2.24, 2.45) is 17.8 Å². The minimum atomic E-state index is -0.658. The molecule has 5 unspecified atom stereocenters. The number of carbonyl (C=O) groups is 2. The van der Waals surface area contributed by atoms with Gasteiger partial charge in [0.2, 0.25) is 11.8 Å². The van der Waals surface area contributed by atoms with Gasteiger partial charge in [0.05, 0.1) is 12.3 Å². The number of hydroxylamine groups is 1. The number of fused-ring (bicyclic) bond motifs is 1. The van der Waals surface area contributed by atoms with Crippen LogP contribution in [-0.2, 0) is 14.4 Å². The molecule has 0 spiro atoms. The zero-order valence-corrected chi connectivity index (χ0v) is 19.5. The number of carbonyl (C=O) groups excluding carboxylic acids is 2. The molecule has 4 fully saturated rings. The van der Waals surface area contributed by atoms with Crippen LogP contribution in [0, 0.1) is 17.8 Å². The van der Waals surface area contributed by atoms with Gasteiger partial charge in [0, 0.05) is 24.8 Å². The number of nitrogens with one attached hydrogen (secondary N) is 6. The molecule has 2 aliphatic heterocycles. The quantitative estimate of drug-likeness (QED) is 0.268. The molecule has 0 aromatic carbocycles. The van der Waals surface area contributed by atoms with Gasteiger partial charge >= 0.3 is 0 Å². The number of hydrogen-bond donors (Lipinski definition) is 6. The summed E-state index contributed by atoms with van der Waals surface area (Å²) in [4.78, 5) is 29.8. The number of hydrazine groups is 1. The SMILES string of the molecule is O=C(CCC1NC(C2CCC(F)CC2)NO1)NCCCCNC1NNC(=O)C2CCCCC12. The van der Waals surface area contributed by atoms with E-state index < -0.39 is 6.17 Å². The minimum absolute atomic E-state index is 0.0384. The summed E-state index contributed by atoms with van der Waals surface area (Å²) in [5.41, 5.74) is 8.97. The Labute approximate surface area is 196 Å². The van der Waals surface area contributed by atoms with Crippen molar-refractivity contribution in [3.8, 4) is 0 Å². The highest BCUT2D eigenvalue weighted by atomic mass is 19.1. The number of rotatable bonds is 10. The molecule has 9 nitrogen and oxygen atoms in total. The fourth-order valence-corrected chi connectivity index (χ4v) is 5.73. The monoisotopic (exact) mass is 468 g/mol. The smallest absolute Gasteiger partial charge is 0.237 e. The van der Waals surface area contributed by atoms with E-state index in [1.165, 1.54) is 6.42 Å². The highest BCUT2D eigenvalue weighted by Gasteiger charge is 2.39. The number of unbranched alkanes of at least 4 members (excludes halogenated alkanes) is 1. The molecule has 0 radical (unpaired) electrons. The van der Waals surface area contributed by atoms with Gasteiger partial charge < -0.3 is 10.6 Å². The Hall–Kier alpha value is -1.33. The third-order valence-corrected chi connectivity index (χ3v) is 7.73. The molecule has 2 amide bonds. The van der Waals surface area contributed by atoms with Gasteiger partial charge in [-0.3, -0.25) is 25.2 Å². The molecule has 0 aromatic rings. The van der Waals surface area contributed by atoms with Crippen LogP contribution in [0.3, 0.4) is 0 Å². The summed E-state index contributed by atoms with van der Waals surface area (Å²) in [6.45, 7) is 1.51. The van der Waals surface area contributed by atoms with E-state index in [4.69, 9.17) is 4.84 Å². The molecule has 2 heterocycles. The second kappa shape index (κ2) is 12.4. The third-order valence-electron chi connectivity index (χ3n) is 7.73. The molecule has 0 aromatic heterocycles. The first-order valence-electron chi connectivity index (χ1n) is 13.0. The summed E-state index contributed by atoms with van der Waals surface area (Å²) in [6.07, 6.45) is 9.63. The lowest BCUT2D eigenvalue weighted by molar-refractivity contribution is -0.134. The van der Waals surface area contributed by atoms with Gasteiger partial charge in [-0.1, -0.05) is 12.8 Å². The normalized spacial score (nSPS) is 36.8. The van der Waals surface area contributed by atoms with Crippen molar-refractivity contribution in [1.82, 2.24) is 32.3 Å². The summed E-state index contributed by atoms with van der Waals surface area (Å²) in [6, 6.07) is 0. The van der Waals surface area contributed by atoms with Gasteiger partial charge in [-0.05, 0) is 70.3 Å². The Bertz CT molecular complexity index is 648. The van der Waals surface area contributed by atoms with Crippen LogP contribution in [0.15, 0.2) is 0 Å². The first-order chi connectivity index (χ1) is 16.1. The maximum Gasteiger partial charge on any atom is 0.237 e. The highest BCUT2D eigenvalue weighted by Crippen LogP contribution is 2.33. The largest absolute Gasteiger partial charge is 0.356 e. The van der Waals surface area contributed by atoms with Crippen LogP contribution < -0.4 is 32.3 Å². The standard InChI is InChI=1S/C23H41FN6O3/c24-16-9-7-15(8-10-16)21-27-20(33-30-21)12-11-19(31)25-13-3-4-14-26-22-17-5-1-2-6-18(17)23(32)29-28-22/h15-18,20-22,26-28,30H,1-14H2,(H,25,31)(H,29,32). The Morgan fingerprint density at radius 1 is 1.06 bits per heavy atom. The zero-order chi connectivity index (χ0) is 23.0. The predicted molar refractivity (Wildman–Crippen MR) is 122 cm³/mol. The average Bonchev–Trinajstić information content (AvgIpc) is 3.31. The summed E-state index contributed by atoms with van der Waals surface area (Å²) in [5, 5.41) is 9.92. The van der Waals surface area contributed by atoms with Crippen molar-refractivity contribution in [2.75, 3.05) is 13.1 Å². The molecular formula is C23H41FN6O3. The zero-order valence-electron chi connectivity index (χ0n) is 19.5. The number of hydrogen-bond acceptors (Lipinski definition) is 7. The van der Waals surface area contributed by atoms with Crippen molar-refractivity contribution >= 4 is 11.8 Å². The van der Waals surface area contributed by atoms with Crippen LogP contribution >= 0.6 is 0 Å². The number of halogens is 1. The van der Waals surface area contributed by atoms with Gasteiger partial charge in [-0.25, -0.2) is 9.82 Å². The van der Waals surface area contributed by atoms with Crippen LogP contribution in [0.5, 0.6) is 0 Å². The van der Waals surface area contributed by atoms with Crippen molar-refractivity contribution in [3.05, 3.63) is 0 Å². The Morgan fingerprint density at radius 3 is 2.70 bits per heavy atom. The van der Waals surface area contributed by atoms with E-state index in [0.29, 0.717) is 44.1 Å². The maximum absolute atomic E-state index is 13.3. The van der Waals surface area contributed by atoms with Crippen LogP contribution in [0.1, 0.15) is 77.0 Å². The van der Waals surface area contributed by atoms with Gasteiger partial charge in [0.25, 0.3) is 0 Å². The average molecular weight is 469 g/mol. The first kappa shape index (κ1) is 24.8. The molecule has 5 atom stereocenters. The molecule has 4 rings (SSSR count). The fourth-order valence-electron chi connectivity index (χ4n) is 5.73. The maximum atomic E-state index is 13.3. The van der Waals surface area contributed by atoms with Gasteiger partial charge in [0.15, 0.2) is 0 Å². The Balaban J connectivity index is 1.02. The molecule has 2 aliphatic carbocycles. The Morgan fingerprint density at radius 2 is 1.85 bits per heavy atom. The summed E-state index contributed by atoms with van der Waals surface area (Å²) >= 11 is 0. The van der Waals surface area contributed by atoms with E-state index in [-0.39, 0.29) is 36.3 Å². The molecule has 10 heteroatoms. The summed E-state index contributed by atoms with van der Waals surface area (Å²) < 4.78 is 13.3. The van der Waals surface area contributed by atoms with E-state index in [1.807, 2.05) is 0 Å². The summed E-state index contributed by atoms with van der Waals surface area (Å²) in [5.74, 6) is 1.05. The number of amides is 2. The molecule has 2 saturated heterocycles. The first-order valence-corrected chi connectivity index (χ1v) is 13.0. The van der Waals surface area contributed by atoms with Gasteiger partial charge in [-0.15, -0.1) is 0 Å². The van der Waals surface area contributed by atoms with E-state index >= 15 is 0 Å². The topological polar surface area (TPSA) is 116 Å². The molecule has 188 valence electrons. The molecule has 0 bridgehead atoms. The van der Waals surface area contributed by atoms with Crippen LogP contribution in [0.25, 0.3) is 0 Å². The fraction of sp³-hybridized carbons (Fsp3) is 0.913. The van der Waals surface area contributed by atoms with Crippen LogP contribution in [-0.4, -0.2) is 49.6 Å². The van der Waals surface area contributed by atoms with E-state index in [0.717, 1.165) is 51.5 Å². The lowest BCUT2D eigenvalue weighted by atomic mass is 9.76. The van der Waals surface area contributed by atoms with Gasteiger partial charge in [-0.2, -0.15) is 5.48 Å². The Kier molecular flexibility index (Phi) is 9.31. The highest BCUT2D eigenvalue weighted by molar-refractivity contribution is 5.79. The van der Waals surface area contributed by atoms with Crippen LogP contribution in [0.4, 0.5) is 4.39 Å². The van der Waals surface area contributed by atoms with Crippen molar-refractivity contribution in [1.29, 1.82) is 0 Å². The van der Waals surface area contributed by atoms with Crippen molar-refractivity contribution < 1.29 is 18.8 Å². The second-order valence-corrected chi connectivity index (χ2v) is 10.1. The second-order valence-electron chi connectivity index (χ2n) is 10.1. The molecular weight excluding hydrogens is 427 g/mol. The molecule has 33 heavy (non-hydrogen) atoms. The van der Waals surface area contributed by atoms with E-state index in [1.54, 1.807) is 0 Å².